The summed E-state index contributed by atoms with van der Waals surface area (Å²) in [5.74, 6) is 0.476. The minimum Gasteiger partial charge on any atom is -0.284 e. The Kier molecular flexibility index (Phi) is 3.42. The monoisotopic (exact) mass is 355 g/mol. The van der Waals surface area contributed by atoms with E-state index in [0.717, 1.165) is 44.9 Å². The number of pyridine rings is 3. The van der Waals surface area contributed by atoms with Gasteiger partial charge in [0.25, 0.3) is 0 Å². The van der Waals surface area contributed by atoms with E-state index in [4.69, 9.17) is 4.98 Å². The quantitative estimate of drug-likeness (QED) is 0.510. The molecule has 27 heavy (non-hydrogen) atoms. The van der Waals surface area contributed by atoms with E-state index in [9.17, 15) is 0 Å². The maximum atomic E-state index is 4.76. The summed E-state index contributed by atoms with van der Waals surface area (Å²) < 4.78 is 0. The van der Waals surface area contributed by atoms with Crippen LogP contribution in [0.4, 0.5) is 0 Å². The van der Waals surface area contributed by atoms with E-state index < -0.39 is 0 Å². The molecule has 0 aliphatic carbocycles. The van der Waals surface area contributed by atoms with E-state index in [-0.39, 0.29) is 0 Å². The molecule has 0 radical (unpaired) electrons. The Morgan fingerprint density at radius 1 is 0.926 bits per heavy atom. The van der Waals surface area contributed by atoms with Crippen LogP contribution >= 0.6 is 0 Å². The van der Waals surface area contributed by atoms with Gasteiger partial charge < -0.3 is 0 Å². The van der Waals surface area contributed by atoms with Gasteiger partial charge in [0.05, 0.1) is 22.4 Å². The Morgan fingerprint density at radius 2 is 1.89 bits per heavy atom. The predicted molar refractivity (Wildman–Crippen MR) is 98.3 cm³/mol. The van der Waals surface area contributed by atoms with Crippen molar-refractivity contribution in [3.63, 3.8) is 0 Å². The molecule has 0 aliphatic rings. The summed E-state index contributed by atoms with van der Waals surface area (Å²) >= 11 is 0. The van der Waals surface area contributed by atoms with E-state index in [1.54, 1.807) is 6.20 Å². The predicted octanol–water partition coefficient (Wildman–Crippen LogP) is 2.57. The summed E-state index contributed by atoms with van der Waals surface area (Å²) in [6.07, 6.45) is 3.53. The lowest BCUT2D eigenvalue weighted by atomic mass is 10.1. The fourth-order valence-corrected chi connectivity index (χ4v) is 2.92. The number of H-pyrrole nitrogens is 2. The van der Waals surface area contributed by atoms with Crippen molar-refractivity contribution in [1.29, 1.82) is 0 Å². The first-order valence-electron chi connectivity index (χ1n) is 8.27. The smallest absolute Gasteiger partial charge is 0.206 e. The van der Waals surface area contributed by atoms with Crippen molar-refractivity contribution in [2.75, 3.05) is 0 Å². The molecule has 0 aromatic carbocycles. The number of fused-ring (bicyclic) bond motifs is 1. The number of hydrogen-bond donors (Lipinski definition) is 2. The topological polar surface area (TPSA) is 122 Å². The number of aromatic nitrogens is 9. The van der Waals surface area contributed by atoms with Crippen LogP contribution in [0.5, 0.6) is 0 Å². The lowest BCUT2D eigenvalue weighted by Gasteiger charge is -2.05. The minimum atomic E-state index is 0.476. The van der Waals surface area contributed by atoms with Crippen molar-refractivity contribution in [2.24, 2.45) is 0 Å². The molecule has 0 bridgehead atoms. The highest BCUT2D eigenvalue weighted by Gasteiger charge is 2.14. The molecule has 0 spiro atoms. The van der Waals surface area contributed by atoms with Gasteiger partial charge >= 0.3 is 0 Å². The third-order valence-corrected chi connectivity index (χ3v) is 4.19. The molecule has 0 saturated heterocycles. The summed E-state index contributed by atoms with van der Waals surface area (Å²) in [6, 6.07) is 11.6. The number of tetrazole rings is 1. The first-order chi connectivity index (χ1) is 13.3. The van der Waals surface area contributed by atoms with E-state index in [1.165, 1.54) is 0 Å². The van der Waals surface area contributed by atoms with Crippen molar-refractivity contribution in [3.05, 3.63) is 54.5 Å². The van der Waals surface area contributed by atoms with E-state index in [1.807, 2.05) is 49.5 Å². The molecular weight excluding hydrogens is 342 g/mol. The SMILES string of the molecule is Cc1cccc(-c2n[nH]cc2-c2ccc3ncc(-c4nn[nH]n4)cc3n2)n1. The van der Waals surface area contributed by atoms with E-state index in [0.29, 0.717) is 5.82 Å². The number of hydrogen-bond acceptors (Lipinski definition) is 7. The summed E-state index contributed by atoms with van der Waals surface area (Å²) in [7, 11) is 0. The molecule has 9 nitrogen and oxygen atoms in total. The van der Waals surface area contributed by atoms with Gasteiger partial charge in [0.2, 0.25) is 5.82 Å². The Labute approximate surface area is 152 Å². The van der Waals surface area contributed by atoms with Crippen LogP contribution in [0, 0.1) is 6.92 Å². The molecule has 0 amide bonds. The summed E-state index contributed by atoms with van der Waals surface area (Å²) in [5.41, 5.74) is 6.40. The average molecular weight is 355 g/mol. The number of aromatic amines is 2. The van der Waals surface area contributed by atoms with Crippen LogP contribution < -0.4 is 0 Å². The summed E-state index contributed by atoms with van der Waals surface area (Å²) in [6.45, 7) is 1.95. The number of aryl methyl sites for hydroxylation is 1. The number of nitrogens with zero attached hydrogens (tertiary/aromatic N) is 7. The fraction of sp³-hybridized carbons (Fsp3) is 0.0556. The Hall–Kier alpha value is -4.01. The van der Waals surface area contributed by atoms with Gasteiger partial charge in [0.15, 0.2) is 0 Å². The highest BCUT2D eigenvalue weighted by atomic mass is 15.5. The lowest BCUT2D eigenvalue weighted by molar-refractivity contribution is 0.881. The molecule has 0 unspecified atom stereocenters. The van der Waals surface area contributed by atoms with Crippen LogP contribution in [-0.2, 0) is 0 Å². The molecule has 9 heteroatoms. The van der Waals surface area contributed by atoms with Crippen molar-refractivity contribution in [3.8, 4) is 34.0 Å². The average Bonchev–Trinajstić information content (AvgIpc) is 3.39. The van der Waals surface area contributed by atoms with Gasteiger partial charge in [0.1, 0.15) is 5.69 Å². The van der Waals surface area contributed by atoms with E-state index in [2.05, 4.69) is 40.8 Å². The van der Waals surface area contributed by atoms with Crippen LogP contribution in [0.25, 0.3) is 45.1 Å². The van der Waals surface area contributed by atoms with Gasteiger partial charge in [-0.2, -0.15) is 10.3 Å². The Balaban J connectivity index is 1.63. The second-order valence-electron chi connectivity index (χ2n) is 6.01. The molecule has 2 N–H and O–H groups in total. The van der Waals surface area contributed by atoms with Gasteiger partial charge in [-0.15, -0.1) is 10.2 Å². The van der Waals surface area contributed by atoms with Crippen LogP contribution in [0.3, 0.4) is 0 Å². The van der Waals surface area contributed by atoms with Crippen molar-refractivity contribution < 1.29 is 0 Å². The minimum absolute atomic E-state index is 0.476. The first-order valence-corrected chi connectivity index (χ1v) is 8.27. The van der Waals surface area contributed by atoms with Gasteiger partial charge in [-0.3, -0.25) is 15.1 Å². The van der Waals surface area contributed by atoms with Crippen LogP contribution in [-0.4, -0.2) is 45.8 Å². The molecule has 0 aliphatic heterocycles. The highest BCUT2D eigenvalue weighted by Crippen LogP contribution is 2.29. The zero-order valence-electron chi connectivity index (χ0n) is 14.2. The van der Waals surface area contributed by atoms with Gasteiger partial charge in [-0.25, -0.2) is 4.98 Å². The Bertz CT molecular complexity index is 1240. The molecule has 5 aromatic heterocycles. The van der Waals surface area contributed by atoms with E-state index >= 15 is 0 Å². The molecular formula is C18H13N9. The van der Waals surface area contributed by atoms with Crippen molar-refractivity contribution >= 4 is 11.0 Å². The zero-order chi connectivity index (χ0) is 18.2. The molecule has 0 saturated carbocycles. The summed E-state index contributed by atoms with van der Waals surface area (Å²) in [4.78, 5) is 13.8. The van der Waals surface area contributed by atoms with Gasteiger partial charge in [-0.05, 0) is 42.5 Å². The number of nitrogens with one attached hydrogen (secondary N) is 2. The van der Waals surface area contributed by atoms with Crippen molar-refractivity contribution in [2.45, 2.75) is 6.92 Å². The lowest BCUT2D eigenvalue weighted by Crippen LogP contribution is -1.92. The Morgan fingerprint density at radius 3 is 2.74 bits per heavy atom. The fourth-order valence-electron chi connectivity index (χ4n) is 2.92. The van der Waals surface area contributed by atoms with Crippen LogP contribution in [0.15, 0.2) is 48.8 Å². The third kappa shape index (κ3) is 2.71. The van der Waals surface area contributed by atoms with Gasteiger partial charge in [0, 0.05) is 29.2 Å². The number of rotatable bonds is 3. The normalized spacial score (nSPS) is 11.1. The third-order valence-electron chi connectivity index (χ3n) is 4.19. The van der Waals surface area contributed by atoms with Crippen molar-refractivity contribution in [1.82, 2.24) is 45.8 Å². The van der Waals surface area contributed by atoms with Gasteiger partial charge in [-0.1, -0.05) is 6.07 Å². The maximum absolute atomic E-state index is 4.76. The largest absolute Gasteiger partial charge is 0.284 e. The second kappa shape index (κ2) is 6.06. The second-order valence-corrected chi connectivity index (χ2v) is 6.01. The molecule has 0 atom stereocenters. The zero-order valence-corrected chi connectivity index (χ0v) is 14.2. The van der Waals surface area contributed by atoms with Crippen LogP contribution in [0.2, 0.25) is 0 Å². The standard InChI is InChI=1S/C18H13N9/c1-10-3-2-4-15(21-10)17-12(9-20-23-17)13-5-6-14-16(22-13)7-11(8-19-14)18-24-26-27-25-18/h2-9H,1H3,(H,20,23)(H,24,25,26,27). The molecule has 5 heterocycles. The molecule has 130 valence electrons. The molecule has 5 rings (SSSR count). The summed E-state index contributed by atoms with van der Waals surface area (Å²) in [5, 5.41) is 21.3. The van der Waals surface area contributed by atoms with Crippen LogP contribution in [0.1, 0.15) is 5.69 Å². The first kappa shape index (κ1) is 15.3. The molecule has 0 fully saturated rings. The molecule has 5 aromatic rings. The highest BCUT2D eigenvalue weighted by molar-refractivity contribution is 5.84. The maximum Gasteiger partial charge on any atom is 0.206 e.